The van der Waals surface area contributed by atoms with Gasteiger partial charge in [-0.1, -0.05) is 29.8 Å². The maximum atomic E-state index is 12.0. The average Bonchev–Trinajstić information content (AvgIpc) is 2.51. The molecule has 2 rings (SSSR count). The topological polar surface area (TPSA) is 50.4 Å². The maximum Gasteiger partial charge on any atom is 0.243 e. The summed E-state index contributed by atoms with van der Waals surface area (Å²) in [7, 11) is 0. The van der Waals surface area contributed by atoms with E-state index in [1.165, 1.54) is 0 Å². The third-order valence-corrected chi connectivity index (χ3v) is 3.38. The minimum atomic E-state index is -0.179. The largest absolute Gasteiger partial charge is 0.489 e. The minimum Gasteiger partial charge on any atom is -0.489 e. The number of ether oxygens (including phenoxy) is 1. The van der Waals surface area contributed by atoms with Crippen molar-refractivity contribution in [3.8, 4) is 5.75 Å². The van der Waals surface area contributed by atoms with Crippen molar-refractivity contribution in [3.05, 3.63) is 64.7 Å². The molecule has 0 aliphatic carbocycles. The fraction of sp³-hybridized carbons (Fsp3) is 0.167. The quantitative estimate of drug-likeness (QED) is 0.679. The first kappa shape index (κ1) is 18.2. The lowest BCUT2D eigenvalue weighted by molar-refractivity contribution is -0.114. The number of nitrogens with one attached hydrogen (secondary N) is 2. The van der Waals surface area contributed by atoms with Gasteiger partial charge < -0.3 is 15.4 Å². The highest BCUT2D eigenvalue weighted by Crippen LogP contribution is 2.22. The molecule has 0 aliphatic rings. The first-order valence-electron chi connectivity index (χ1n) is 7.29. The second kappa shape index (κ2) is 8.62. The lowest BCUT2D eigenvalue weighted by Gasteiger charge is -2.10. The van der Waals surface area contributed by atoms with Crippen LogP contribution in [-0.4, -0.2) is 19.1 Å². The lowest BCUT2D eigenvalue weighted by atomic mass is 10.3. The molecule has 4 nitrogen and oxygen atoms in total. The van der Waals surface area contributed by atoms with E-state index in [9.17, 15) is 4.79 Å². The van der Waals surface area contributed by atoms with Crippen molar-refractivity contribution in [2.45, 2.75) is 6.92 Å². The average molecular weight is 365 g/mol. The molecule has 1 amide bonds. The number of carbonyl (C=O) groups is 1. The summed E-state index contributed by atoms with van der Waals surface area (Å²) >= 11 is 11.8. The number of anilines is 2. The van der Waals surface area contributed by atoms with Crippen molar-refractivity contribution in [2.75, 3.05) is 23.8 Å². The van der Waals surface area contributed by atoms with Gasteiger partial charge in [-0.15, -0.1) is 0 Å². The van der Waals surface area contributed by atoms with Gasteiger partial charge in [0.05, 0.1) is 6.54 Å². The summed E-state index contributed by atoms with van der Waals surface area (Å²) in [4.78, 5) is 12.0. The Morgan fingerprint density at radius 2 is 1.71 bits per heavy atom. The van der Waals surface area contributed by atoms with Crippen molar-refractivity contribution in [1.29, 1.82) is 0 Å². The number of hydrogen-bond donors (Lipinski definition) is 2. The number of rotatable bonds is 7. The van der Waals surface area contributed by atoms with Crippen molar-refractivity contribution >= 4 is 40.5 Å². The van der Waals surface area contributed by atoms with Gasteiger partial charge in [-0.05, 0) is 55.0 Å². The highest BCUT2D eigenvalue weighted by Gasteiger charge is 2.04. The van der Waals surface area contributed by atoms with Crippen LogP contribution in [0.15, 0.2) is 54.6 Å². The van der Waals surface area contributed by atoms with E-state index in [1.807, 2.05) is 6.92 Å². The zero-order valence-electron chi connectivity index (χ0n) is 13.2. The second-order valence-electron chi connectivity index (χ2n) is 5.33. The zero-order chi connectivity index (χ0) is 17.5. The first-order chi connectivity index (χ1) is 11.4. The normalized spacial score (nSPS) is 10.1. The Bertz CT molecular complexity index is 710. The van der Waals surface area contributed by atoms with E-state index in [1.54, 1.807) is 42.5 Å². The summed E-state index contributed by atoms with van der Waals surface area (Å²) in [6, 6.07) is 12.2. The molecule has 0 heterocycles. The SMILES string of the molecule is C=C(C)COc1ccc(NC(=O)CNc2cc(Cl)cc(Cl)c2)cc1. The van der Waals surface area contributed by atoms with Gasteiger partial charge in [0.2, 0.25) is 5.91 Å². The smallest absolute Gasteiger partial charge is 0.243 e. The predicted octanol–water partition coefficient (Wildman–Crippen LogP) is 5.00. The standard InChI is InChI=1S/C18H18Cl2N2O2/c1-12(2)11-24-17-5-3-15(4-6-17)22-18(23)10-21-16-8-13(19)7-14(20)9-16/h3-9,21H,1,10-11H2,2H3,(H,22,23). The molecule has 0 saturated carbocycles. The molecular formula is C18H18Cl2N2O2. The zero-order valence-corrected chi connectivity index (χ0v) is 14.7. The molecule has 0 atom stereocenters. The Balaban J connectivity index is 1.84. The Morgan fingerprint density at radius 1 is 1.08 bits per heavy atom. The molecule has 0 aromatic heterocycles. The summed E-state index contributed by atoms with van der Waals surface area (Å²) in [5.41, 5.74) is 2.32. The van der Waals surface area contributed by atoms with E-state index in [0.717, 1.165) is 11.3 Å². The molecule has 24 heavy (non-hydrogen) atoms. The van der Waals surface area contributed by atoms with Gasteiger partial charge in [0.15, 0.2) is 0 Å². The lowest BCUT2D eigenvalue weighted by Crippen LogP contribution is -2.21. The van der Waals surface area contributed by atoms with E-state index in [4.69, 9.17) is 27.9 Å². The summed E-state index contributed by atoms with van der Waals surface area (Å²) in [5, 5.41) is 6.79. The molecule has 0 radical (unpaired) electrons. The third kappa shape index (κ3) is 6.14. The third-order valence-electron chi connectivity index (χ3n) is 2.94. The van der Waals surface area contributed by atoms with Crippen LogP contribution < -0.4 is 15.4 Å². The van der Waals surface area contributed by atoms with Gasteiger partial charge in [-0.2, -0.15) is 0 Å². The maximum absolute atomic E-state index is 12.0. The Hall–Kier alpha value is -2.17. The number of hydrogen-bond acceptors (Lipinski definition) is 3. The van der Waals surface area contributed by atoms with Crippen LogP contribution >= 0.6 is 23.2 Å². The molecule has 0 unspecified atom stereocenters. The molecule has 0 bridgehead atoms. The summed E-state index contributed by atoms with van der Waals surface area (Å²) in [6.45, 7) is 6.25. The van der Waals surface area contributed by atoms with Crippen LogP contribution in [-0.2, 0) is 4.79 Å². The summed E-state index contributed by atoms with van der Waals surface area (Å²) in [5.74, 6) is 0.546. The van der Waals surface area contributed by atoms with Crippen LogP contribution in [0.3, 0.4) is 0 Å². The highest BCUT2D eigenvalue weighted by atomic mass is 35.5. The summed E-state index contributed by atoms with van der Waals surface area (Å²) in [6.07, 6.45) is 0. The number of carbonyl (C=O) groups excluding carboxylic acids is 1. The molecular weight excluding hydrogens is 347 g/mol. The monoisotopic (exact) mass is 364 g/mol. The van der Waals surface area contributed by atoms with Gasteiger partial charge >= 0.3 is 0 Å². The molecule has 6 heteroatoms. The van der Waals surface area contributed by atoms with Gasteiger partial charge in [0, 0.05) is 21.4 Å². The first-order valence-corrected chi connectivity index (χ1v) is 8.05. The molecule has 2 aromatic rings. The summed E-state index contributed by atoms with van der Waals surface area (Å²) < 4.78 is 5.51. The van der Waals surface area contributed by atoms with Crippen LogP contribution in [0.5, 0.6) is 5.75 Å². The number of amides is 1. The predicted molar refractivity (Wildman–Crippen MR) is 100 cm³/mol. The number of benzene rings is 2. The van der Waals surface area contributed by atoms with Crippen LogP contribution in [0.2, 0.25) is 10.0 Å². The van der Waals surface area contributed by atoms with Crippen molar-refractivity contribution in [1.82, 2.24) is 0 Å². The fourth-order valence-electron chi connectivity index (χ4n) is 1.88. The van der Waals surface area contributed by atoms with E-state index >= 15 is 0 Å². The second-order valence-corrected chi connectivity index (χ2v) is 6.20. The Labute approximate surface area is 151 Å². The Morgan fingerprint density at radius 3 is 2.29 bits per heavy atom. The molecule has 0 fully saturated rings. The van der Waals surface area contributed by atoms with E-state index < -0.39 is 0 Å². The van der Waals surface area contributed by atoms with Gasteiger partial charge in [-0.3, -0.25) is 4.79 Å². The van der Waals surface area contributed by atoms with Crippen LogP contribution in [0.25, 0.3) is 0 Å². The van der Waals surface area contributed by atoms with Crippen LogP contribution in [0, 0.1) is 0 Å². The van der Waals surface area contributed by atoms with Gasteiger partial charge in [0.25, 0.3) is 0 Å². The van der Waals surface area contributed by atoms with E-state index in [0.29, 0.717) is 28.0 Å². The van der Waals surface area contributed by atoms with Crippen molar-refractivity contribution in [2.24, 2.45) is 0 Å². The van der Waals surface area contributed by atoms with Crippen LogP contribution in [0.1, 0.15) is 6.92 Å². The van der Waals surface area contributed by atoms with Crippen LogP contribution in [0.4, 0.5) is 11.4 Å². The van der Waals surface area contributed by atoms with Crippen molar-refractivity contribution < 1.29 is 9.53 Å². The van der Waals surface area contributed by atoms with E-state index in [-0.39, 0.29) is 12.5 Å². The molecule has 0 aliphatic heterocycles. The molecule has 2 aromatic carbocycles. The van der Waals surface area contributed by atoms with E-state index in [2.05, 4.69) is 17.2 Å². The molecule has 126 valence electrons. The van der Waals surface area contributed by atoms with Crippen molar-refractivity contribution in [3.63, 3.8) is 0 Å². The number of halogens is 2. The molecule has 0 spiro atoms. The fourth-order valence-corrected chi connectivity index (χ4v) is 2.41. The van der Waals surface area contributed by atoms with Gasteiger partial charge in [-0.25, -0.2) is 0 Å². The molecule has 2 N–H and O–H groups in total. The Kier molecular flexibility index (Phi) is 6.53. The molecule has 0 saturated heterocycles. The highest BCUT2D eigenvalue weighted by molar-refractivity contribution is 6.35. The minimum absolute atomic E-state index is 0.102. The van der Waals surface area contributed by atoms with Gasteiger partial charge in [0.1, 0.15) is 12.4 Å².